The minimum atomic E-state index is 0.707. The molecule has 21 heavy (non-hydrogen) atoms. The average molecular weight is 368 g/mol. The molecule has 0 fully saturated rings. The maximum atomic E-state index is 5.34. The third kappa shape index (κ3) is 4.08. The molecule has 0 aliphatic rings. The molecule has 0 saturated carbocycles. The van der Waals surface area contributed by atoms with Gasteiger partial charge in [0.15, 0.2) is 11.5 Å². The quantitative estimate of drug-likeness (QED) is 0.742. The Balaban J connectivity index is 2.15. The van der Waals surface area contributed by atoms with E-state index in [-0.39, 0.29) is 0 Å². The van der Waals surface area contributed by atoms with E-state index in [0.29, 0.717) is 6.54 Å². The minimum Gasteiger partial charge on any atom is -0.493 e. The Hall–Kier alpha value is -1.33. The van der Waals surface area contributed by atoms with Crippen LogP contribution in [0.1, 0.15) is 5.56 Å². The third-order valence-electron chi connectivity index (χ3n) is 3.11. The van der Waals surface area contributed by atoms with Crippen molar-refractivity contribution in [2.75, 3.05) is 25.8 Å². The summed E-state index contributed by atoms with van der Waals surface area (Å²) in [6, 6.07) is 12.3. The molecular weight excluding hydrogens is 350 g/mol. The van der Waals surface area contributed by atoms with Crippen molar-refractivity contribution in [1.29, 1.82) is 0 Å². The lowest BCUT2D eigenvalue weighted by molar-refractivity contribution is 0.354. The molecule has 0 atom stereocenters. The van der Waals surface area contributed by atoms with Crippen molar-refractivity contribution < 1.29 is 9.47 Å². The van der Waals surface area contributed by atoms with E-state index in [4.69, 9.17) is 9.47 Å². The fraction of sp³-hybridized carbons (Fsp3) is 0.250. The molecule has 5 heteroatoms. The number of nitrogens with one attached hydrogen (secondary N) is 1. The smallest absolute Gasteiger partial charge is 0.161 e. The fourth-order valence-electron chi connectivity index (χ4n) is 1.96. The van der Waals surface area contributed by atoms with Gasteiger partial charge in [-0.25, -0.2) is 0 Å². The van der Waals surface area contributed by atoms with Crippen molar-refractivity contribution >= 4 is 33.4 Å². The fourth-order valence-corrected chi connectivity index (χ4v) is 2.88. The predicted octanol–water partition coefficient (Wildman–Crippen LogP) is 4.80. The molecule has 1 N–H and O–H groups in total. The van der Waals surface area contributed by atoms with Gasteiger partial charge in [-0.2, -0.15) is 0 Å². The summed E-state index contributed by atoms with van der Waals surface area (Å²) >= 11 is 5.31. The lowest BCUT2D eigenvalue weighted by Crippen LogP contribution is -2.01. The Morgan fingerprint density at radius 1 is 1.10 bits per heavy atom. The number of benzene rings is 2. The summed E-state index contributed by atoms with van der Waals surface area (Å²) in [7, 11) is 3.28. The molecule has 0 saturated heterocycles. The summed E-state index contributed by atoms with van der Waals surface area (Å²) in [6.07, 6.45) is 2.07. The van der Waals surface area contributed by atoms with Gasteiger partial charge in [0.25, 0.3) is 0 Å². The normalized spacial score (nSPS) is 10.3. The summed E-state index contributed by atoms with van der Waals surface area (Å²) in [4.78, 5) is 1.24. The van der Waals surface area contributed by atoms with Gasteiger partial charge in [-0.1, -0.05) is 22.0 Å². The molecule has 0 bridgehead atoms. The predicted molar refractivity (Wildman–Crippen MR) is 92.8 cm³/mol. The Bertz CT molecular complexity index is 619. The summed E-state index contributed by atoms with van der Waals surface area (Å²) < 4.78 is 11.6. The van der Waals surface area contributed by atoms with Crippen molar-refractivity contribution in [3.8, 4) is 11.5 Å². The van der Waals surface area contributed by atoms with Crippen LogP contribution in [-0.2, 0) is 6.54 Å². The van der Waals surface area contributed by atoms with Crippen LogP contribution in [0.5, 0.6) is 11.5 Å². The van der Waals surface area contributed by atoms with Crippen LogP contribution in [0.4, 0.5) is 5.69 Å². The zero-order chi connectivity index (χ0) is 15.2. The van der Waals surface area contributed by atoms with Crippen LogP contribution in [0.25, 0.3) is 0 Å². The van der Waals surface area contributed by atoms with Crippen molar-refractivity contribution in [3.05, 3.63) is 46.4 Å². The van der Waals surface area contributed by atoms with E-state index in [1.54, 1.807) is 26.0 Å². The maximum Gasteiger partial charge on any atom is 0.161 e. The van der Waals surface area contributed by atoms with Gasteiger partial charge >= 0.3 is 0 Å². The molecule has 0 aromatic heterocycles. The van der Waals surface area contributed by atoms with Gasteiger partial charge in [0.1, 0.15) is 0 Å². The molecule has 0 heterocycles. The molecule has 0 unspecified atom stereocenters. The number of hydrogen-bond acceptors (Lipinski definition) is 4. The number of rotatable bonds is 6. The first-order chi connectivity index (χ1) is 10.2. The number of anilines is 1. The summed E-state index contributed by atoms with van der Waals surface area (Å²) in [5.41, 5.74) is 2.21. The van der Waals surface area contributed by atoms with Crippen LogP contribution in [0.15, 0.2) is 45.8 Å². The van der Waals surface area contributed by atoms with Crippen molar-refractivity contribution in [2.24, 2.45) is 0 Å². The highest BCUT2D eigenvalue weighted by molar-refractivity contribution is 9.10. The number of ether oxygens (including phenoxy) is 2. The largest absolute Gasteiger partial charge is 0.493 e. The van der Waals surface area contributed by atoms with E-state index in [1.165, 1.54) is 4.90 Å². The van der Waals surface area contributed by atoms with Gasteiger partial charge in [0.05, 0.1) is 14.2 Å². The summed E-state index contributed by atoms with van der Waals surface area (Å²) in [5, 5.41) is 3.43. The number of halogens is 1. The van der Waals surface area contributed by atoms with Crippen LogP contribution in [0.3, 0.4) is 0 Å². The molecule has 0 amide bonds. The van der Waals surface area contributed by atoms with E-state index in [9.17, 15) is 0 Å². The van der Waals surface area contributed by atoms with Crippen LogP contribution in [0.2, 0.25) is 0 Å². The standard InChI is InChI=1S/C16H18BrNO2S/c1-19-15-7-11(14(17)9-16(15)20-2)10-18-12-5-4-6-13(8-12)21-3/h4-9,18H,10H2,1-3H3. The lowest BCUT2D eigenvalue weighted by atomic mass is 10.2. The molecule has 0 radical (unpaired) electrons. The van der Waals surface area contributed by atoms with Crippen LogP contribution < -0.4 is 14.8 Å². The van der Waals surface area contributed by atoms with Crippen molar-refractivity contribution in [3.63, 3.8) is 0 Å². The van der Waals surface area contributed by atoms with Crippen molar-refractivity contribution in [2.45, 2.75) is 11.4 Å². The Morgan fingerprint density at radius 2 is 1.81 bits per heavy atom. The van der Waals surface area contributed by atoms with Crippen LogP contribution >= 0.6 is 27.7 Å². The van der Waals surface area contributed by atoms with Gasteiger partial charge in [0, 0.05) is 21.6 Å². The zero-order valence-corrected chi connectivity index (χ0v) is 14.7. The zero-order valence-electron chi connectivity index (χ0n) is 12.3. The average Bonchev–Trinajstić information content (AvgIpc) is 2.53. The SMILES string of the molecule is COc1cc(Br)c(CNc2cccc(SC)c2)cc1OC. The van der Waals surface area contributed by atoms with E-state index in [0.717, 1.165) is 27.2 Å². The number of methoxy groups -OCH3 is 2. The Morgan fingerprint density at radius 3 is 2.48 bits per heavy atom. The van der Waals surface area contributed by atoms with Crippen molar-refractivity contribution in [1.82, 2.24) is 0 Å². The molecule has 0 aliphatic heterocycles. The molecule has 0 spiro atoms. The van der Waals surface area contributed by atoms with E-state index in [1.807, 2.05) is 12.1 Å². The van der Waals surface area contributed by atoms with Gasteiger partial charge < -0.3 is 14.8 Å². The van der Waals surface area contributed by atoms with Crippen LogP contribution in [0, 0.1) is 0 Å². The van der Waals surface area contributed by atoms with Gasteiger partial charge in [0.2, 0.25) is 0 Å². The van der Waals surface area contributed by atoms with E-state index >= 15 is 0 Å². The first-order valence-corrected chi connectivity index (χ1v) is 8.48. The van der Waals surface area contributed by atoms with Gasteiger partial charge in [-0.15, -0.1) is 11.8 Å². The van der Waals surface area contributed by atoms with Gasteiger partial charge in [-0.3, -0.25) is 0 Å². The molecular formula is C16H18BrNO2S. The molecule has 0 aliphatic carbocycles. The van der Waals surface area contributed by atoms with E-state index in [2.05, 4.69) is 51.8 Å². The minimum absolute atomic E-state index is 0.707. The second-order valence-corrected chi connectivity index (χ2v) is 6.12. The van der Waals surface area contributed by atoms with Crippen LogP contribution in [-0.4, -0.2) is 20.5 Å². The highest BCUT2D eigenvalue weighted by Crippen LogP contribution is 2.33. The molecule has 2 aromatic rings. The molecule has 2 rings (SSSR count). The summed E-state index contributed by atoms with van der Waals surface area (Å²) in [5.74, 6) is 1.45. The van der Waals surface area contributed by atoms with Gasteiger partial charge in [-0.05, 0) is 42.2 Å². The summed E-state index contributed by atoms with van der Waals surface area (Å²) in [6.45, 7) is 0.707. The third-order valence-corrected chi connectivity index (χ3v) is 4.57. The lowest BCUT2D eigenvalue weighted by Gasteiger charge is -2.13. The maximum absolute atomic E-state index is 5.34. The highest BCUT2D eigenvalue weighted by atomic mass is 79.9. The molecule has 112 valence electrons. The Labute approximate surface area is 138 Å². The Kier molecular flexibility index (Phi) is 5.82. The molecule has 2 aromatic carbocycles. The number of thioether (sulfide) groups is 1. The monoisotopic (exact) mass is 367 g/mol. The first-order valence-electron chi connectivity index (χ1n) is 6.46. The number of hydrogen-bond donors (Lipinski definition) is 1. The highest BCUT2D eigenvalue weighted by Gasteiger charge is 2.09. The topological polar surface area (TPSA) is 30.5 Å². The van der Waals surface area contributed by atoms with E-state index < -0.39 is 0 Å². The first kappa shape index (κ1) is 16.0. The second-order valence-electron chi connectivity index (χ2n) is 4.38. The molecule has 3 nitrogen and oxygen atoms in total. The second kappa shape index (κ2) is 7.61.